The van der Waals surface area contributed by atoms with Gasteiger partial charge in [0.05, 0.1) is 22.5 Å². The summed E-state index contributed by atoms with van der Waals surface area (Å²) in [5, 5.41) is 24.0. The highest BCUT2D eigenvalue weighted by atomic mass is 79.9. The zero-order valence-electron chi connectivity index (χ0n) is 21.9. The number of benzene rings is 3. The topological polar surface area (TPSA) is 118 Å². The first-order valence-corrected chi connectivity index (χ1v) is 13.5. The molecule has 8 nitrogen and oxygen atoms in total. The van der Waals surface area contributed by atoms with Crippen molar-refractivity contribution in [3.63, 3.8) is 0 Å². The highest BCUT2D eigenvalue weighted by Gasteiger charge is 2.20. The minimum atomic E-state index is -0.861. The number of carbonyl (C=O) groups is 2. The van der Waals surface area contributed by atoms with Gasteiger partial charge in [-0.15, -0.1) is 0 Å². The summed E-state index contributed by atoms with van der Waals surface area (Å²) >= 11 is 3.48. The molecule has 0 unspecified atom stereocenters. The number of fused-ring (bicyclic) bond motifs is 1. The van der Waals surface area contributed by atoms with Crippen molar-refractivity contribution < 1.29 is 19.8 Å². The number of halogens is 1. The predicted molar refractivity (Wildman–Crippen MR) is 158 cm³/mol. The summed E-state index contributed by atoms with van der Waals surface area (Å²) < 4.78 is 0.872. The number of amides is 1. The number of hydrogen-bond acceptors (Lipinski definition) is 5. The van der Waals surface area contributed by atoms with Gasteiger partial charge in [-0.2, -0.15) is 0 Å². The molecule has 0 aliphatic rings. The van der Waals surface area contributed by atoms with Crippen molar-refractivity contribution in [1.82, 2.24) is 10.3 Å². The molecule has 0 radical (unpaired) electrons. The van der Waals surface area contributed by atoms with E-state index in [0.717, 1.165) is 45.2 Å². The van der Waals surface area contributed by atoms with Crippen molar-refractivity contribution in [2.24, 2.45) is 4.99 Å². The molecule has 4 rings (SSSR count). The summed E-state index contributed by atoms with van der Waals surface area (Å²) in [6.07, 6.45) is 1.23. The smallest absolute Gasteiger partial charge is 0.303 e. The Balaban J connectivity index is 1.79. The van der Waals surface area contributed by atoms with Gasteiger partial charge in [0.25, 0.3) is 0 Å². The predicted octanol–water partition coefficient (Wildman–Crippen LogP) is 5.78. The van der Waals surface area contributed by atoms with E-state index in [-0.39, 0.29) is 18.2 Å². The summed E-state index contributed by atoms with van der Waals surface area (Å²) in [6, 6.07) is 20.7. The standard InChI is InChI=1S/C30H31BrN4O4/c1-19(36)35(16-4-15-32-2)24-11-9-23(10-12-24)33-29(21-6-3-5-20(17-21)7-14-27(37)38)28-25-13-8-22(31)18-26(25)34-30(28)39/h3,5-6,8-13,17-18,32,34,39H,4,7,14-16H2,1-2H3,(H,37,38). The van der Waals surface area contributed by atoms with E-state index in [2.05, 4.69) is 26.2 Å². The molecular formula is C30H31BrN4O4. The molecule has 4 N–H and O–H groups in total. The van der Waals surface area contributed by atoms with Crippen LogP contribution in [-0.2, 0) is 16.0 Å². The van der Waals surface area contributed by atoms with Crippen LogP contribution in [0.1, 0.15) is 36.5 Å². The summed E-state index contributed by atoms with van der Waals surface area (Å²) in [5.41, 5.74) is 4.89. The van der Waals surface area contributed by atoms with Crippen molar-refractivity contribution in [2.45, 2.75) is 26.2 Å². The first-order valence-electron chi connectivity index (χ1n) is 12.7. The maximum Gasteiger partial charge on any atom is 0.303 e. The number of carboxylic acid groups (broad SMARTS) is 1. The minimum Gasteiger partial charge on any atom is -0.494 e. The molecule has 0 aliphatic carbocycles. The van der Waals surface area contributed by atoms with E-state index in [0.29, 0.717) is 29.9 Å². The number of H-pyrrole nitrogens is 1. The number of aliphatic imine (C=N–C) groups is 1. The maximum absolute atomic E-state index is 12.3. The van der Waals surface area contributed by atoms with Crippen molar-refractivity contribution in [3.05, 3.63) is 87.9 Å². The fourth-order valence-corrected chi connectivity index (χ4v) is 4.87. The summed E-state index contributed by atoms with van der Waals surface area (Å²) in [4.78, 5) is 33.1. The number of anilines is 1. The molecule has 0 saturated carbocycles. The molecule has 0 fully saturated rings. The van der Waals surface area contributed by atoms with Crippen LogP contribution in [0.3, 0.4) is 0 Å². The lowest BCUT2D eigenvalue weighted by molar-refractivity contribution is -0.137. The Morgan fingerprint density at radius 3 is 2.54 bits per heavy atom. The molecule has 0 saturated heterocycles. The number of rotatable bonds is 11. The Labute approximate surface area is 235 Å². The third kappa shape index (κ3) is 6.93. The third-order valence-electron chi connectivity index (χ3n) is 6.40. The second kappa shape index (κ2) is 12.7. The van der Waals surface area contributed by atoms with Crippen LogP contribution < -0.4 is 10.2 Å². The molecule has 3 aromatic carbocycles. The molecule has 9 heteroatoms. The zero-order chi connectivity index (χ0) is 27.9. The molecule has 39 heavy (non-hydrogen) atoms. The van der Waals surface area contributed by atoms with E-state index < -0.39 is 5.97 Å². The number of aryl methyl sites for hydroxylation is 1. The van der Waals surface area contributed by atoms with Gasteiger partial charge in [0.1, 0.15) is 0 Å². The molecule has 1 aromatic heterocycles. The molecule has 1 heterocycles. The van der Waals surface area contributed by atoms with E-state index in [1.165, 1.54) is 0 Å². The lowest BCUT2D eigenvalue weighted by Gasteiger charge is -2.21. The van der Waals surface area contributed by atoms with Gasteiger partial charge >= 0.3 is 5.97 Å². The van der Waals surface area contributed by atoms with Gasteiger partial charge in [-0.05, 0) is 74.5 Å². The average Bonchev–Trinajstić information content (AvgIpc) is 3.23. The van der Waals surface area contributed by atoms with Gasteiger partial charge in [-0.3, -0.25) is 9.59 Å². The Morgan fingerprint density at radius 2 is 1.85 bits per heavy atom. The number of nitrogens with zero attached hydrogens (tertiary/aromatic N) is 2. The van der Waals surface area contributed by atoms with Gasteiger partial charge in [0.2, 0.25) is 5.91 Å². The number of carboxylic acids is 1. The quantitative estimate of drug-likeness (QED) is 0.130. The van der Waals surface area contributed by atoms with Crippen molar-refractivity contribution in [2.75, 3.05) is 25.0 Å². The Hall–Kier alpha value is -3.95. The van der Waals surface area contributed by atoms with Gasteiger partial charge in [0, 0.05) is 41.0 Å². The summed E-state index contributed by atoms with van der Waals surface area (Å²) in [7, 11) is 1.88. The molecule has 0 bridgehead atoms. The van der Waals surface area contributed by atoms with Crippen LogP contribution in [0.25, 0.3) is 10.9 Å². The molecule has 0 atom stereocenters. The number of hydrogen-bond donors (Lipinski definition) is 4. The fraction of sp³-hybridized carbons (Fsp3) is 0.233. The molecule has 202 valence electrons. The van der Waals surface area contributed by atoms with E-state index in [9.17, 15) is 14.7 Å². The number of aliphatic carboxylic acids is 1. The number of aromatic hydroxyl groups is 1. The van der Waals surface area contributed by atoms with E-state index >= 15 is 0 Å². The van der Waals surface area contributed by atoms with E-state index in [1.54, 1.807) is 11.8 Å². The van der Waals surface area contributed by atoms with Crippen LogP contribution in [-0.4, -0.2) is 52.9 Å². The number of aromatic nitrogens is 1. The van der Waals surface area contributed by atoms with Gasteiger partial charge in [0.15, 0.2) is 5.88 Å². The second-order valence-electron chi connectivity index (χ2n) is 9.24. The van der Waals surface area contributed by atoms with Crippen LogP contribution in [0.15, 0.2) is 76.2 Å². The summed E-state index contributed by atoms with van der Waals surface area (Å²) in [5.74, 6) is -0.905. The lowest BCUT2D eigenvalue weighted by atomic mass is 9.98. The van der Waals surface area contributed by atoms with E-state index in [1.807, 2.05) is 73.8 Å². The third-order valence-corrected chi connectivity index (χ3v) is 6.89. The first kappa shape index (κ1) is 28.1. The largest absolute Gasteiger partial charge is 0.494 e. The van der Waals surface area contributed by atoms with Crippen molar-refractivity contribution in [3.8, 4) is 5.88 Å². The molecule has 0 aliphatic heterocycles. The summed E-state index contributed by atoms with van der Waals surface area (Å²) in [6.45, 7) is 2.97. The van der Waals surface area contributed by atoms with Crippen molar-refractivity contribution in [1.29, 1.82) is 0 Å². The number of aromatic amines is 1. The average molecular weight is 592 g/mol. The SMILES string of the molecule is CNCCCN(C(C)=O)c1ccc(N=C(c2cccc(CCC(=O)O)c2)c2c(O)[nH]c3cc(Br)ccc23)cc1. The van der Waals surface area contributed by atoms with Crippen LogP contribution in [0, 0.1) is 0 Å². The van der Waals surface area contributed by atoms with Crippen molar-refractivity contribution >= 4 is 55.8 Å². The Morgan fingerprint density at radius 1 is 1.08 bits per heavy atom. The Kier molecular flexibility index (Phi) is 9.16. The Bertz CT molecular complexity index is 1510. The lowest BCUT2D eigenvalue weighted by Crippen LogP contribution is -2.31. The van der Waals surface area contributed by atoms with Crippen LogP contribution in [0.4, 0.5) is 11.4 Å². The molecule has 1 amide bonds. The van der Waals surface area contributed by atoms with E-state index in [4.69, 9.17) is 10.1 Å². The molecular weight excluding hydrogens is 560 g/mol. The number of carbonyl (C=O) groups excluding carboxylic acids is 1. The first-order chi connectivity index (χ1) is 18.8. The fourth-order valence-electron chi connectivity index (χ4n) is 4.50. The van der Waals surface area contributed by atoms with Crippen LogP contribution in [0.5, 0.6) is 5.88 Å². The minimum absolute atomic E-state index is 0.0123. The number of nitrogens with one attached hydrogen (secondary N) is 2. The molecule has 0 spiro atoms. The second-order valence-corrected chi connectivity index (χ2v) is 10.2. The van der Waals surface area contributed by atoms with Crippen LogP contribution in [0.2, 0.25) is 0 Å². The molecule has 4 aromatic rings. The van der Waals surface area contributed by atoms with Gasteiger partial charge < -0.3 is 25.4 Å². The monoisotopic (exact) mass is 590 g/mol. The van der Waals surface area contributed by atoms with Gasteiger partial charge in [-0.1, -0.05) is 40.2 Å². The maximum atomic E-state index is 12.3. The normalized spacial score (nSPS) is 11.6. The van der Waals surface area contributed by atoms with Gasteiger partial charge in [-0.25, -0.2) is 4.99 Å². The van der Waals surface area contributed by atoms with Crippen LogP contribution >= 0.6 is 15.9 Å². The highest BCUT2D eigenvalue weighted by molar-refractivity contribution is 9.10. The zero-order valence-corrected chi connectivity index (χ0v) is 23.5. The highest BCUT2D eigenvalue weighted by Crippen LogP contribution is 2.33.